The average molecular weight is 254 g/mol. The van der Waals surface area contributed by atoms with Gasteiger partial charge in [-0.3, -0.25) is 0 Å². The van der Waals surface area contributed by atoms with E-state index < -0.39 is 0 Å². The zero-order valence-electron chi connectivity index (χ0n) is 8.25. The standard InChI is InChI=1S/C11H12BrNO/c1-8(2)7-14-11-5-4-9(12)6-10(11)13-3/h4-6,8H,7H2,1-2H3. The summed E-state index contributed by atoms with van der Waals surface area (Å²) in [5.41, 5.74) is 0.556. The van der Waals surface area contributed by atoms with Crippen LogP contribution in [0.4, 0.5) is 5.69 Å². The molecule has 1 rings (SSSR count). The van der Waals surface area contributed by atoms with E-state index in [0.29, 0.717) is 24.0 Å². The van der Waals surface area contributed by atoms with Gasteiger partial charge in [0, 0.05) is 4.47 Å². The topological polar surface area (TPSA) is 13.6 Å². The highest BCUT2D eigenvalue weighted by Gasteiger charge is 2.04. The molecule has 0 fully saturated rings. The zero-order valence-corrected chi connectivity index (χ0v) is 9.84. The second kappa shape index (κ2) is 5.02. The Bertz CT molecular complexity index is 355. The summed E-state index contributed by atoms with van der Waals surface area (Å²) < 4.78 is 6.41. The van der Waals surface area contributed by atoms with E-state index in [0.717, 1.165) is 4.47 Å². The minimum absolute atomic E-state index is 0.470. The van der Waals surface area contributed by atoms with Crippen LogP contribution in [0.2, 0.25) is 0 Å². The van der Waals surface area contributed by atoms with Gasteiger partial charge in [0.25, 0.3) is 0 Å². The van der Waals surface area contributed by atoms with E-state index in [4.69, 9.17) is 11.3 Å². The molecule has 0 amide bonds. The minimum atomic E-state index is 0.470. The third kappa shape index (κ3) is 3.04. The fourth-order valence-electron chi connectivity index (χ4n) is 0.956. The van der Waals surface area contributed by atoms with Gasteiger partial charge in [-0.2, -0.15) is 0 Å². The van der Waals surface area contributed by atoms with E-state index in [-0.39, 0.29) is 0 Å². The van der Waals surface area contributed by atoms with Crippen LogP contribution in [0.3, 0.4) is 0 Å². The summed E-state index contributed by atoms with van der Waals surface area (Å²) in [6.45, 7) is 11.8. The predicted molar refractivity (Wildman–Crippen MR) is 60.7 cm³/mol. The van der Waals surface area contributed by atoms with Gasteiger partial charge in [-0.05, 0) is 24.1 Å². The lowest BCUT2D eigenvalue weighted by molar-refractivity contribution is 0.272. The van der Waals surface area contributed by atoms with E-state index in [1.807, 2.05) is 12.1 Å². The first-order valence-electron chi connectivity index (χ1n) is 4.43. The van der Waals surface area contributed by atoms with Crippen LogP contribution in [0.25, 0.3) is 4.85 Å². The summed E-state index contributed by atoms with van der Waals surface area (Å²) in [4.78, 5) is 3.40. The molecular weight excluding hydrogens is 242 g/mol. The van der Waals surface area contributed by atoms with Crippen molar-refractivity contribution in [2.45, 2.75) is 13.8 Å². The van der Waals surface area contributed by atoms with Gasteiger partial charge in [0.05, 0.1) is 13.2 Å². The third-order valence-electron chi connectivity index (χ3n) is 1.61. The summed E-state index contributed by atoms with van der Waals surface area (Å²) in [5, 5.41) is 0. The molecule has 0 radical (unpaired) electrons. The summed E-state index contributed by atoms with van der Waals surface area (Å²) in [6.07, 6.45) is 0. The van der Waals surface area contributed by atoms with E-state index in [1.165, 1.54) is 0 Å². The Balaban J connectivity index is 2.82. The highest BCUT2D eigenvalue weighted by molar-refractivity contribution is 9.10. The van der Waals surface area contributed by atoms with E-state index in [2.05, 4.69) is 34.6 Å². The first kappa shape index (κ1) is 11.1. The number of rotatable bonds is 3. The molecule has 0 saturated carbocycles. The summed E-state index contributed by atoms with van der Waals surface area (Å²) >= 11 is 3.32. The lowest BCUT2D eigenvalue weighted by Gasteiger charge is -2.10. The van der Waals surface area contributed by atoms with Crippen LogP contribution in [-0.2, 0) is 0 Å². The van der Waals surface area contributed by atoms with Crippen molar-refractivity contribution in [2.75, 3.05) is 6.61 Å². The van der Waals surface area contributed by atoms with Crippen LogP contribution in [0.15, 0.2) is 22.7 Å². The summed E-state index contributed by atoms with van der Waals surface area (Å²) in [5.74, 6) is 1.13. The Morgan fingerprint density at radius 3 is 2.79 bits per heavy atom. The van der Waals surface area contributed by atoms with Gasteiger partial charge in [0.15, 0.2) is 0 Å². The van der Waals surface area contributed by atoms with Gasteiger partial charge in [0.2, 0.25) is 5.69 Å². The molecule has 0 heterocycles. The number of hydrogen-bond acceptors (Lipinski definition) is 1. The zero-order chi connectivity index (χ0) is 10.6. The van der Waals surface area contributed by atoms with Gasteiger partial charge >= 0.3 is 0 Å². The molecule has 0 aliphatic carbocycles. The van der Waals surface area contributed by atoms with E-state index >= 15 is 0 Å². The first-order chi connectivity index (χ1) is 6.63. The van der Waals surface area contributed by atoms with Gasteiger partial charge in [-0.25, -0.2) is 4.85 Å². The second-order valence-electron chi connectivity index (χ2n) is 3.43. The summed E-state index contributed by atoms with van der Waals surface area (Å²) in [6, 6.07) is 5.47. The second-order valence-corrected chi connectivity index (χ2v) is 4.34. The van der Waals surface area contributed by atoms with Crippen LogP contribution in [0.1, 0.15) is 13.8 Å². The highest BCUT2D eigenvalue weighted by Crippen LogP contribution is 2.30. The molecule has 74 valence electrons. The molecule has 2 nitrogen and oxygen atoms in total. The maximum Gasteiger partial charge on any atom is 0.229 e. The predicted octanol–water partition coefficient (Wildman–Crippen LogP) is 4.03. The first-order valence-corrected chi connectivity index (χ1v) is 5.22. The van der Waals surface area contributed by atoms with Gasteiger partial charge in [-0.15, -0.1) is 0 Å². The van der Waals surface area contributed by atoms with Crippen molar-refractivity contribution < 1.29 is 4.74 Å². The van der Waals surface area contributed by atoms with Crippen molar-refractivity contribution in [3.8, 4) is 5.75 Å². The average Bonchev–Trinajstić information content (AvgIpc) is 2.15. The lowest BCUT2D eigenvalue weighted by atomic mass is 10.2. The smallest absolute Gasteiger partial charge is 0.229 e. The minimum Gasteiger partial charge on any atom is -0.504 e. The van der Waals surface area contributed by atoms with Gasteiger partial charge < -0.3 is 4.74 Å². The fraction of sp³-hybridized carbons (Fsp3) is 0.364. The lowest BCUT2D eigenvalue weighted by Crippen LogP contribution is -2.04. The van der Waals surface area contributed by atoms with Crippen molar-refractivity contribution >= 4 is 21.6 Å². The molecule has 0 saturated heterocycles. The highest BCUT2D eigenvalue weighted by atomic mass is 79.9. The molecule has 0 unspecified atom stereocenters. The van der Waals surface area contributed by atoms with Crippen molar-refractivity contribution in [1.82, 2.24) is 0 Å². The van der Waals surface area contributed by atoms with Crippen molar-refractivity contribution in [2.24, 2.45) is 5.92 Å². The van der Waals surface area contributed by atoms with Crippen LogP contribution in [-0.4, -0.2) is 6.61 Å². The molecule has 1 aromatic rings. The van der Waals surface area contributed by atoms with E-state index in [1.54, 1.807) is 6.07 Å². The molecule has 0 aliphatic rings. The third-order valence-corrected chi connectivity index (χ3v) is 2.11. The number of nitrogens with zero attached hydrogens (tertiary/aromatic N) is 1. The Hall–Kier alpha value is -1.01. The molecule has 3 heteroatoms. The Morgan fingerprint density at radius 2 is 2.21 bits per heavy atom. The fourth-order valence-corrected chi connectivity index (χ4v) is 1.31. The van der Waals surface area contributed by atoms with Crippen LogP contribution in [0.5, 0.6) is 5.75 Å². The number of ether oxygens (including phenoxy) is 1. The van der Waals surface area contributed by atoms with Crippen LogP contribution < -0.4 is 4.74 Å². The Labute approximate surface area is 92.8 Å². The Kier molecular flexibility index (Phi) is 3.97. The molecule has 1 aromatic carbocycles. The molecule has 0 aromatic heterocycles. The Morgan fingerprint density at radius 1 is 1.50 bits per heavy atom. The molecule has 0 atom stereocenters. The van der Waals surface area contributed by atoms with E-state index in [9.17, 15) is 0 Å². The van der Waals surface area contributed by atoms with Crippen LogP contribution in [0, 0.1) is 12.5 Å². The monoisotopic (exact) mass is 253 g/mol. The summed E-state index contributed by atoms with van der Waals surface area (Å²) in [7, 11) is 0. The molecule has 0 aliphatic heterocycles. The number of hydrogen-bond donors (Lipinski definition) is 0. The van der Waals surface area contributed by atoms with Crippen molar-refractivity contribution in [3.63, 3.8) is 0 Å². The van der Waals surface area contributed by atoms with Gasteiger partial charge in [-0.1, -0.05) is 29.8 Å². The van der Waals surface area contributed by atoms with Gasteiger partial charge in [0.1, 0.15) is 5.75 Å². The number of halogens is 1. The number of benzene rings is 1. The van der Waals surface area contributed by atoms with Crippen LogP contribution >= 0.6 is 15.9 Å². The molecule has 0 bridgehead atoms. The maximum atomic E-state index is 6.99. The maximum absolute atomic E-state index is 6.99. The molecule has 14 heavy (non-hydrogen) atoms. The SMILES string of the molecule is [C-]#[N+]c1cc(Br)ccc1OCC(C)C. The molecule has 0 spiro atoms. The largest absolute Gasteiger partial charge is 0.504 e. The molecule has 0 N–H and O–H groups in total. The molecular formula is C11H12BrNO. The van der Waals surface area contributed by atoms with Crippen molar-refractivity contribution in [3.05, 3.63) is 34.1 Å². The van der Waals surface area contributed by atoms with Crippen molar-refractivity contribution in [1.29, 1.82) is 0 Å². The quantitative estimate of drug-likeness (QED) is 0.742. The normalized spacial score (nSPS) is 9.93.